The van der Waals surface area contributed by atoms with Gasteiger partial charge in [0.25, 0.3) is 0 Å². The molecule has 1 aliphatic heterocycles. The number of carboxylic acid groups (broad SMARTS) is 1. The van der Waals surface area contributed by atoms with Crippen LogP contribution in [0.1, 0.15) is 23.1 Å². The zero-order valence-corrected chi connectivity index (χ0v) is 14.2. The molecule has 1 atom stereocenters. The van der Waals surface area contributed by atoms with Crippen molar-refractivity contribution in [3.63, 3.8) is 0 Å². The lowest BCUT2D eigenvalue weighted by Crippen LogP contribution is -2.22. The molecule has 1 aliphatic rings. The molecule has 0 bridgehead atoms. The van der Waals surface area contributed by atoms with Crippen molar-refractivity contribution in [1.82, 2.24) is 4.90 Å². The van der Waals surface area contributed by atoms with Crippen molar-refractivity contribution in [3.8, 4) is 11.5 Å². The Kier molecular flexibility index (Phi) is 4.86. The van der Waals surface area contributed by atoms with Crippen LogP contribution in [0.5, 0.6) is 11.5 Å². The topological polar surface area (TPSA) is 49.8 Å². The summed E-state index contributed by atoms with van der Waals surface area (Å²) in [6.07, 6.45) is 0.730. The van der Waals surface area contributed by atoms with Crippen LogP contribution in [0.15, 0.2) is 42.5 Å². The van der Waals surface area contributed by atoms with Crippen LogP contribution in [0.25, 0.3) is 0 Å². The van der Waals surface area contributed by atoms with Gasteiger partial charge in [0.05, 0.1) is 5.92 Å². The van der Waals surface area contributed by atoms with E-state index in [1.807, 2.05) is 30.3 Å². The van der Waals surface area contributed by atoms with Crippen LogP contribution in [0, 0.1) is 19.8 Å². The van der Waals surface area contributed by atoms with Crippen molar-refractivity contribution in [3.05, 3.63) is 59.2 Å². The summed E-state index contributed by atoms with van der Waals surface area (Å²) in [5.41, 5.74) is 3.50. The van der Waals surface area contributed by atoms with E-state index in [1.165, 1.54) is 11.1 Å². The van der Waals surface area contributed by atoms with Gasteiger partial charge in [0.1, 0.15) is 11.5 Å². The van der Waals surface area contributed by atoms with E-state index in [4.69, 9.17) is 9.84 Å². The number of hydrogen-bond acceptors (Lipinski definition) is 3. The van der Waals surface area contributed by atoms with Crippen LogP contribution in [0.3, 0.4) is 0 Å². The molecule has 0 spiro atoms. The second-order valence-electron chi connectivity index (χ2n) is 6.63. The molecule has 1 saturated heterocycles. The molecule has 0 amide bonds. The Bertz CT molecular complexity index is 721. The molecular weight excluding hydrogens is 302 g/mol. The number of benzene rings is 2. The predicted octanol–water partition coefficient (Wildman–Crippen LogP) is 4.00. The number of aliphatic carboxylic acids is 1. The van der Waals surface area contributed by atoms with Crippen LogP contribution in [-0.4, -0.2) is 29.1 Å². The molecule has 2 aromatic rings. The fourth-order valence-corrected chi connectivity index (χ4v) is 3.27. The molecule has 0 radical (unpaired) electrons. The second kappa shape index (κ2) is 7.05. The quantitative estimate of drug-likeness (QED) is 0.902. The van der Waals surface area contributed by atoms with Crippen molar-refractivity contribution in [2.75, 3.05) is 13.1 Å². The smallest absolute Gasteiger partial charge is 0.307 e. The fourth-order valence-electron chi connectivity index (χ4n) is 3.27. The molecule has 1 fully saturated rings. The zero-order chi connectivity index (χ0) is 17.1. The maximum absolute atomic E-state index is 11.1. The van der Waals surface area contributed by atoms with E-state index in [0.717, 1.165) is 36.6 Å². The van der Waals surface area contributed by atoms with Gasteiger partial charge in [-0.05, 0) is 67.8 Å². The van der Waals surface area contributed by atoms with Gasteiger partial charge < -0.3 is 9.84 Å². The summed E-state index contributed by atoms with van der Waals surface area (Å²) in [4.78, 5) is 13.3. The molecule has 0 aromatic heterocycles. The molecule has 3 rings (SSSR count). The lowest BCUT2D eigenvalue weighted by Gasteiger charge is -2.16. The van der Waals surface area contributed by atoms with Crippen LogP contribution >= 0.6 is 0 Å². The maximum atomic E-state index is 11.1. The largest absolute Gasteiger partial charge is 0.481 e. The van der Waals surface area contributed by atoms with Gasteiger partial charge in [-0.25, -0.2) is 0 Å². The van der Waals surface area contributed by atoms with E-state index in [1.54, 1.807) is 0 Å². The van der Waals surface area contributed by atoms with Crippen molar-refractivity contribution in [1.29, 1.82) is 0 Å². The molecule has 24 heavy (non-hydrogen) atoms. The average Bonchev–Trinajstić information content (AvgIpc) is 2.95. The van der Waals surface area contributed by atoms with Crippen LogP contribution < -0.4 is 4.74 Å². The lowest BCUT2D eigenvalue weighted by atomic mass is 10.1. The molecule has 4 heteroatoms. The highest BCUT2D eigenvalue weighted by Crippen LogP contribution is 2.26. The monoisotopic (exact) mass is 325 g/mol. The first-order chi connectivity index (χ1) is 11.5. The third kappa shape index (κ3) is 4.15. The maximum Gasteiger partial charge on any atom is 0.307 e. The SMILES string of the molecule is Cc1cc(C)cc(Oc2cccc(CN3CCC(C(=O)O)C3)c2)c1. The molecule has 1 unspecified atom stereocenters. The number of likely N-dealkylation sites (tertiary alicyclic amines) is 1. The molecule has 2 aromatic carbocycles. The highest BCUT2D eigenvalue weighted by molar-refractivity contribution is 5.70. The molecule has 126 valence electrons. The minimum Gasteiger partial charge on any atom is -0.481 e. The Morgan fingerprint density at radius 3 is 2.58 bits per heavy atom. The van der Waals surface area contributed by atoms with E-state index in [-0.39, 0.29) is 5.92 Å². The Balaban J connectivity index is 1.67. The van der Waals surface area contributed by atoms with Gasteiger partial charge in [-0.3, -0.25) is 9.69 Å². The molecule has 4 nitrogen and oxygen atoms in total. The van der Waals surface area contributed by atoms with Crippen molar-refractivity contribution in [2.45, 2.75) is 26.8 Å². The third-order valence-corrected chi connectivity index (χ3v) is 4.36. The number of ether oxygens (including phenoxy) is 1. The third-order valence-electron chi connectivity index (χ3n) is 4.36. The van der Waals surface area contributed by atoms with E-state index < -0.39 is 5.97 Å². The van der Waals surface area contributed by atoms with Crippen LogP contribution in [0.4, 0.5) is 0 Å². The van der Waals surface area contributed by atoms with E-state index in [9.17, 15) is 4.79 Å². The minimum absolute atomic E-state index is 0.236. The molecular formula is C20H23NO3. The number of aryl methyl sites for hydroxylation is 2. The summed E-state index contributed by atoms with van der Waals surface area (Å²) in [5, 5.41) is 9.10. The van der Waals surface area contributed by atoms with Gasteiger partial charge in [-0.2, -0.15) is 0 Å². The van der Waals surface area contributed by atoms with Gasteiger partial charge >= 0.3 is 5.97 Å². The summed E-state index contributed by atoms with van der Waals surface area (Å²) in [6.45, 7) is 6.33. The highest BCUT2D eigenvalue weighted by atomic mass is 16.5. The number of nitrogens with zero attached hydrogens (tertiary/aromatic N) is 1. The summed E-state index contributed by atoms with van der Waals surface area (Å²) < 4.78 is 5.99. The Morgan fingerprint density at radius 2 is 1.92 bits per heavy atom. The average molecular weight is 325 g/mol. The Labute approximate surface area is 142 Å². The van der Waals surface area contributed by atoms with E-state index in [2.05, 4.69) is 30.9 Å². The van der Waals surface area contributed by atoms with Gasteiger partial charge in [0.15, 0.2) is 0 Å². The minimum atomic E-state index is -0.690. The first-order valence-electron chi connectivity index (χ1n) is 8.30. The van der Waals surface area contributed by atoms with Gasteiger partial charge in [0.2, 0.25) is 0 Å². The second-order valence-corrected chi connectivity index (χ2v) is 6.63. The van der Waals surface area contributed by atoms with Crippen LogP contribution in [0.2, 0.25) is 0 Å². The van der Waals surface area contributed by atoms with Crippen molar-refractivity contribution < 1.29 is 14.6 Å². The summed E-state index contributed by atoms with van der Waals surface area (Å²) in [6, 6.07) is 14.2. The normalized spacial score (nSPS) is 17.8. The lowest BCUT2D eigenvalue weighted by molar-refractivity contribution is -0.141. The number of carboxylic acids is 1. The highest BCUT2D eigenvalue weighted by Gasteiger charge is 2.27. The molecule has 0 aliphatic carbocycles. The van der Waals surface area contributed by atoms with Crippen molar-refractivity contribution >= 4 is 5.97 Å². The molecule has 1 N–H and O–H groups in total. The first kappa shape index (κ1) is 16.5. The summed E-state index contributed by atoms with van der Waals surface area (Å²) >= 11 is 0. The number of rotatable bonds is 5. The molecule has 1 heterocycles. The Morgan fingerprint density at radius 1 is 1.17 bits per heavy atom. The fraction of sp³-hybridized carbons (Fsp3) is 0.350. The predicted molar refractivity (Wildman–Crippen MR) is 93.5 cm³/mol. The van der Waals surface area contributed by atoms with Gasteiger partial charge in [-0.1, -0.05) is 18.2 Å². The van der Waals surface area contributed by atoms with Crippen molar-refractivity contribution in [2.24, 2.45) is 5.92 Å². The van der Waals surface area contributed by atoms with Crippen LogP contribution in [-0.2, 0) is 11.3 Å². The summed E-state index contributed by atoms with van der Waals surface area (Å²) in [5.74, 6) is 0.729. The first-order valence-corrected chi connectivity index (χ1v) is 8.30. The Hall–Kier alpha value is -2.33. The van der Waals surface area contributed by atoms with Gasteiger partial charge in [-0.15, -0.1) is 0 Å². The standard InChI is InChI=1S/C20H23NO3/c1-14-8-15(2)10-19(9-14)24-18-5-3-4-16(11-18)12-21-7-6-17(13-21)20(22)23/h3-5,8-11,17H,6-7,12-13H2,1-2H3,(H,22,23). The molecule has 0 saturated carbocycles. The number of hydrogen-bond donors (Lipinski definition) is 1. The van der Waals surface area contributed by atoms with Gasteiger partial charge in [0, 0.05) is 13.1 Å². The zero-order valence-electron chi connectivity index (χ0n) is 14.2. The summed E-state index contributed by atoms with van der Waals surface area (Å²) in [7, 11) is 0. The van der Waals surface area contributed by atoms with E-state index in [0.29, 0.717) is 6.54 Å². The number of carbonyl (C=O) groups is 1. The van der Waals surface area contributed by atoms with E-state index >= 15 is 0 Å².